The molecule has 0 spiro atoms. The minimum atomic E-state index is -6.33. The molecule has 14 heteroatoms. The molecule has 33 heavy (non-hydrogen) atoms. The van der Waals surface area contributed by atoms with E-state index in [9.17, 15) is 48.7 Å². The van der Waals surface area contributed by atoms with Crippen molar-refractivity contribution in [2.45, 2.75) is 24.9 Å². The number of halogens is 7. The van der Waals surface area contributed by atoms with Gasteiger partial charge in [-0.3, -0.25) is 9.59 Å². The van der Waals surface area contributed by atoms with Gasteiger partial charge in [0.25, 0.3) is 11.8 Å². The summed E-state index contributed by atoms with van der Waals surface area (Å²) in [6.45, 7) is 1.26. The van der Waals surface area contributed by atoms with Crippen molar-refractivity contribution in [3.8, 4) is 5.75 Å². The smallest absolute Gasteiger partial charge is 0.382 e. The van der Waals surface area contributed by atoms with Crippen LogP contribution in [0, 0.1) is 0 Å². The quantitative estimate of drug-likeness (QED) is 0.344. The molecular formula is C19H12F7NO5S. The van der Waals surface area contributed by atoms with Crippen molar-refractivity contribution in [3.63, 3.8) is 0 Å². The number of benzene rings is 2. The number of rotatable bonds is 5. The number of alkyl halides is 7. The third kappa shape index (κ3) is 3.92. The molecule has 2 aromatic carbocycles. The van der Waals surface area contributed by atoms with Crippen molar-refractivity contribution >= 4 is 27.6 Å². The van der Waals surface area contributed by atoms with E-state index in [1.165, 1.54) is 13.0 Å². The normalized spacial score (nSPS) is 15.1. The van der Waals surface area contributed by atoms with E-state index >= 15 is 0 Å². The number of imide groups is 1. The molecule has 0 atom stereocenters. The number of amides is 2. The minimum absolute atomic E-state index is 0.152. The Morgan fingerprint density at radius 1 is 0.848 bits per heavy atom. The number of carbonyl (C=O) groups is 2. The van der Waals surface area contributed by atoms with Gasteiger partial charge in [-0.25, -0.2) is 9.29 Å². The number of nitrogens with zero attached hydrogens (tertiary/aromatic N) is 1. The van der Waals surface area contributed by atoms with Gasteiger partial charge in [0, 0.05) is 5.56 Å². The van der Waals surface area contributed by atoms with Gasteiger partial charge in [0.2, 0.25) is 0 Å². The first-order valence-corrected chi connectivity index (χ1v) is 10.5. The fraction of sp³-hybridized carbons (Fsp3) is 0.263. The molecule has 1 aliphatic heterocycles. The van der Waals surface area contributed by atoms with E-state index in [0.717, 1.165) is 12.1 Å². The number of carbonyl (C=O) groups excluding carboxylic acids is 2. The van der Waals surface area contributed by atoms with Crippen LogP contribution in [0.5, 0.6) is 5.75 Å². The van der Waals surface area contributed by atoms with Gasteiger partial charge in [0.15, 0.2) is 5.75 Å². The van der Waals surface area contributed by atoms with E-state index in [-0.39, 0.29) is 17.7 Å². The van der Waals surface area contributed by atoms with Crippen LogP contribution < -0.4 is 9.08 Å². The molecule has 0 unspecified atom stereocenters. The molecule has 6 nitrogen and oxygen atoms in total. The highest BCUT2D eigenvalue weighted by Gasteiger charge is 2.73. The van der Waals surface area contributed by atoms with Crippen LogP contribution in [0.15, 0.2) is 42.5 Å². The fourth-order valence-electron chi connectivity index (χ4n) is 3.08. The number of fused-ring (bicyclic) bond motifs is 1. The van der Waals surface area contributed by atoms with Gasteiger partial charge in [-0.15, -0.1) is 0 Å². The van der Waals surface area contributed by atoms with Crippen molar-refractivity contribution < 1.29 is 52.9 Å². The first-order valence-electron chi connectivity index (χ1n) is 8.92. The van der Waals surface area contributed by atoms with Crippen LogP contribution in [0.4, 0.5) is 36.4 Å². The Bertz CT molecular complexity index is 1210. The average Bonchev–Trinajstić information content (AvgIpc) is 2.97. The summed E-state index contributed by atoms with van der Waals surface area (Å²) in [6, 6.07) is 4.82. The van der Waals surface area contributed by atoms with Gasteiger partial charge in [0.1, 0.15) is 0 Å². The Morgan fingerprint density at radius 2 is 1.39 bits per heavy atom. The van der Waals surface area contributed by atoms with Crippen LogP contribution in [0.25, 0.3) is 0 Å². The van der Waals surface area contributed by atoms with Crippen LogP contribution in [-0.4, -0.2) is 38.3 Å². The maximum atomic E-state index is 14.2. The first-order chi connectivity index (χ1) is 15.0. The largest absolute Gasteiger partial charge is 0.435 e. The molecule has 0 aromatic heterocycles. The van der Waals surface area contributed by atoms with E-state index in [1.54, 1.807) is 0 Å². The second kappa shape index (κ2) is 7.71. The van der Waals surface area contributed by atoms with E-state index < -0.39 is 68.3 Å². The van der Waals surface area contributed by atoms with Crippen molar-refractivity contribution in [1.82, 2.24) is 0 Å². The molecule has 2 amide bonds. The van der Waals surface area contributed by atoms with E-state index in [1.807, 2.05) is 0 Å². The van der Waals surface area contributed by atoms with Crippen LogP contribution in [0.2, 0.25) is 0 Å². The number of hydrogen-bond donors (Lipinski definition) is 0. The van der Waals surface area contributed by atoms with Crippen LogP contribution in [-0.2, 0) is 15.8 Å². The third-order valence-corrected chi connectivity index (χ3v) is 5.89. The lowest BCUT2D eigenvalue weighted by molar-refractivity contribution is -0.348. The highest BCUT2D eigenvalue weighted by atomic mass is 32.2. The molecule has 2 aromatic rings. The zero-order valence-electron chi connectivity index (χ0n) is 16.3. The zero-order chi connectivity index (χ0) is 25.0. The van der Waals surface area contributed by atoms with Gasteiger partial charge < -0.3 is 4.18 Å². The Kier molecular flexibility index (Phi) is 5.72. The summed E-state index contributed by atoms with van der Waals surface area (Å²) in [5.41, 5.74) is -8.73. The van der Waals surface area contributed by atoms with E-state index in [0.29, 0.717) is 17.0 Å². The lowest BCUT2D eigenvalue weighted by atomic mass is 9.94. The predicted octanol–water partition coefficient (Wildman–Crippen LogP) is 4.51. The summed E-state index contributed by atoms with van der Waals surface area (Å²) in [7, 11) is -4.10. The average molecular weight is 499 g/mol. The van der Waals surface area contributed by atoms with Crippen molar-refractivity contribution in [2.75, 3.05) is 10.7 Å². The lowest BCUT2D eigenvalue weighted by Gasteiger charge is -2.30. The Hall–Kier alpha value is -3.16. The third-order valence-electron chi connectivity index (χ3n) is 4.75. The van der Waals surface area contributed by atoms with Crippen molar-refractivity contribution in [1.29, 1.82) is 0 Å². The van der Waals surface area contributed by atoms with Gasteiger partial charge >= 0.3 is 28.1 Å². The number of hydrogen-bond acceptors (Lipinski definition) is 5. The van der Waals surface area contributed by atoms with Gasteiger partial charge in [-0.2, -0.15) is 34.8 Å². The maximum absolute atomic E-state index is 14.2. The summed E-state index contributed by atoms with van der Waals surface area (Å²) in [5.74, 6) is -3.13. The second-order valence-corrected chi connectivity index (χ2v) is 8.61. The number of anilines is 1. The molecule has 0 fully saturated rings. The monoisotopic (exact) mass is 499 g/mol. The predicted molar refractivity (Wildman–Crippen MR) is 99.0 cm³/mol. The maximum Gasteiger partial charge on any atom is 0.435 e. The SMILES string of the molecule is CCS(=O)(=O)Oc1cccc2c1C(=O)N(c1ccc(C(F)(C(F)(F)F)C(F)(F)F)cc1)C2=O. The van der Waals surface area contributed by atoms with Crippen molar-refractivity contribution in [3.05, 3.63) is 59.2 Å². The molecule has 0 aliphatic carbocycles. The van der Waals surface area contributed by atoms with Crippen LogP contribution in [0.3, 0.4) is 0 Å². The summed E-state index contributed by atoms with van der Waals surface area (Å²) in [4.78, 5) is 25.9. The van der Waals surface area contributed by atoms with E-state index in [2.05, 4.69) is 0 Å². The molecule has 3 rings (SSSR count). The summed E-state index contributed by atoms with van der Waals surface area (Å²) >= 11 is 0. The first kappa shape index (κ1) is 24.5. The molecule has 0 bridgehead atoms. The summed E-state index contributed by atoms with van der Waals surface area (Å²) < 4.78 is 120. The molecule has 0 saturated heterocycles. The Balaban J connectivity index is 2.03. The molecule has 0 radical (unpaired) electrons. The molecule has 1 aliphatic rings. The standard InChI is InChI=1S/C19H12F7NO5S/c1-2-33(30,31)32-13-5-3-4-12-14(13)16(29)27(15(12)28)11-8-6-10(7-9-11)17(20,18(21,22)23)19(24,25)26/h3-9H,2H2,1H3. The topological polar surface area (TPSA) is 80.8 Å². The van der Waals surface area contributed by atoms with Crippen LogP contribution >= 0.6 is 0 Å². The van der Waals surface area contributed by atoms with Crippen LogP contribution in [0.1, 0.15) is 33.2 Å². The Morgan fingerprint density at radius 3 is 1.88 bits per heavy atom. The summed E-state index contributed by atoms with van der Waals surface area (Å²) in [6.07, 6.45) is -12.7. The zero-order valence-corrected chi connectivity index (χ0v) is 17.1. The summed E-state index contributed by atoms with van der Waals surface area (Å²) in [5, 5.41) is 0. The second-order valence-electron chi connectivity index (χ2n) is 6.75. The van der Waals surface area contributed by atoms with Gasteiger partial charge in [0.05, 0.1) is 22.6 Å². The highest BCUT2D eigenvalue weighted by molar-refractivity contribution is 7.87. The Labute approximate surface area is 181 Å². The van der Waals surface area contributed by atoms with Crippen molar-refractivity contribution in [2.24, 2.45) is 0 Å². The lowest BCUT2D eigenvalue weighted by Crippen LogP contribution is -2.50. The van der Waals surface area contributed by atoms with Gasteiger partial charge in [-0.1, -0.05) is 18.2 Å². The van der Waals surface area contributed by atoms with E-state index in [4.69, 9.17) is 4.18 Å². The molecule has 178 valence electrons. The molecular weight excluding hydrogens is 487 g/mol. The fourth-order valence-corrected chi connectivity index (χ4v) is 3.61. The minimum Gasteiger partial charge on any atom is -0.382 e. The molecule has 1 heterocycles. The molecule has 0 saturated carbocycles. The van der Waals surface area contributed by atoms with Gasteiger partial charge in [-0.05, 0) is 31.2 Å². The molecule has 0 N–H and O–H groups in total. The highest BCUT2D eigenvalue weighted by Crippen LogP contribution is 2.53.